The molecule has 28 heavy (non-hydrogen) atoms. The molecule has 3 aromatic rings. The first-order valence-corrected chi connectivity index (χ1v) is 9.76. The summed E-state index contributed by atoms with van der Waals surface area (Å²) in [4.78, 5) is 23.3. The molecule has 0 N–H and O–H groups in total. The van der Waals surface area contributed by atoms with Crippen molar-refractivity contribution in [2.75, 3.05) is 18.0 Å². The lowest BCUT2D eigenvalue weighted by Crippen LogP contribution is -2.50. The summed E-state index contributed by atoms with van der Waals surface area (Å²) < 4.78 is 3.40. The van der Waals surface area contributed by atoms with Gasteiger partial charge >= 0.3 is 0 Å². The zero-order chi connectivity index (χ0) is 20.1. The lowest BCUT2D eigenvalue weighted by atomic mass is 9.92. The molecule has 8 nitrogen and oxygen atoms in total. The van der Waals surface area contributed by atoms with Crippen molar-refractivity contribution in [2.45, 2.75) is 52.5 Å². The molecule has 1 saturated heterocycles. The average molecular weight is 381 g/mol. The third kappa shape index (κ3) is 3.39. The largest absolute Gasteiger partial charge is 0.356 e. The fraction of sp³-hybridized carbons (Fsp3) is 0.550. The van der Waals surface area contributed by atoms with Gasteiger partial charge < -0.3 is 4.90 Å². The van der Waals surface area contributed by atoms with Crippen LogP contribution in [0.5, 0.6) is 0 Å². The fourth-order valence-electron chi connectivity index (χ4n) is 3.43. The highest BCUT2D eigenvalue weighted by atomic mass is 16.1. The summed E-state index contributed by atoms with van der Waals surface area (Å²) in [6.07, 6.45) is 1.54. The summed E-state index contributed by atoms with van der Waals surface area (Å²) in [5, 5.41) is 8.91. The summed E-state index contributed by atoms with van der Waals surface area (Å²) >= 11 is 0. The van der Waals surface area contributed by atoms with Crippen molar-refractivity contribution in [2.24, 2.45) is 5.92 Å². The molecule has 0 radical (unpaired) electrons. The normalized spacial score (nSPS) is 15.4. The van der Waals surface area contributed by atoms with Crippen LogP contribution in [0.3, 0.4) is 0 Å². The van der Waals surface area contributed by atoms with Crippen LogP contribution in [0.4, 0.5) is 5.82 Å². The Hall–Kier alpha value is -2.77. The predicted molar refractivity (Wildman–Crippen MR) is 108 cm³/mol. The summed E-state index contributed by atoms with van der Waals surface area (Å²) in [6.45, 7) is 12.9. The third-order valence-corrected chi connectivity index (χ3v) is 5.19. The van der Waals surface area contributed by atoms with E-state index in [4.69, 9.17) is 0 Å². The molecule has 3 aromatic heterocycles. The molecule has 0 aromatic carbocycles. The SMILES string of the molecule is CC(C)c1cc(N2CC(Cn3nc(C(C)(C)C)ccc3=O)C2)n2ncnc2n1. The molecular formula is C20H27N7O. The number of hydrogen-bond acceptors (Lipinski definition) is 6. The molecule has 0 aliphatic carbocycles. The number of rotatable bonds is 4. The maximum atomic E-state index is 12.2. The third-order valence-electron chi connectivity index (χ3n) is 5.19. The monoisotopic (exact) mass is 381 g/mol. The summed E-state index contributed by atoms with van der Waals surface area (Å²) in [5.74, 6) is 2.32. The first kappa shape index (κ1) is 18.6. The Balaban J connectivity index is 1.52. The number of anilines is 1. The van der Waals surface area contributed by atoms with E-state index in [9.17, 15) is 4.79 Å². The minimum absolute atomic E-state index is 0.0453. The molecule has 0 spiro atoms. The molecule has 0 bridgehead atoms. The maximum Gasteiger partial charge on any atom is 0.266 e. The van der Waals surface area contributed by atoms with E-state index in [1.54, 1.807) is 15.3 Å². The number of aromatic nitrogens is 6. The fourth-order valence-corrected chi connectivity index (χ4v) is 3.43. The van der Waals surface area contributed by atoms with Gasteiger partial charge in [-0.3, -0.25) is 4.79 Å². The van der Waals surface area contributed by atoms with Crippen molar-refractivity contribution >= 4 is 11.6 Å². The van der Waals surface area contributed by atoms with Gasteiger partial charge in [0.25, 0.3) is 11.3 Å². The average Bonchev–Trinajstić information content (AvgIpc) is 3.06. The van der Waals surface area contributed by atoms with Crippen molar-refractivity contribution in [3.8, 4) is 0 Å². The molecule has 0 saturated carbocycles. The quantitative estimate of drug-likeness (QED) is 0.689. The van der Waals surface area contributed by atoms with Gasteiger partial charge in [-0.05, 0) is 12.0 Å². The summed E-state index contributed by atoms with van der Waals surface area (Å²) in [6, 6.07) is 5.55. The number of fused-ring (bicyclic) bond motifs is 1. The van der Waals surface area contributed by atoms with Crippen LogP contribution >= 0.6 is 0 Å². The lowest BCUT2D eigenvalue weighted by Gasteiger charge is -2.40. The number of nitrogens with zero attached hydrogens (tertiary/aromatic N) is 7. The molecule has 1 aliphatic heterocycles. The Morgan fingerprint density at radius 3 is 2.64 bits per heavy atom. The van der Waals surface area contributed by atoms with Gasteiger partial charge in [-0.25, -0.2) is 9.67 Å². The Morgan fingerprint density at radius 2 is 1.96 bits per heavy atom. The number of hydrogen-bond donors (Lipinski definition) is 0. The van der Waals surface area contributed by atoms with E-state index < -0.39 is 0 Å². The van der Waals surface area contributed by atoms with Crippen LogP contribution < -0.4 is 10.5 Å². The molecule has 148 valence electrons. The first-order valence-electron chi connectivity index (χ1n) is 9.76. The van der Waals surface area contributed by atoms with Gasteiger partial charge in [0, 0.05) is 36.6 Å². The van der Waals surface area contributed by atoms with Crippen molar-refractivity contribution < 1.29 is 0 Å². The van der Waals surface area contributed by atoms with Crippen LogP contribution in [-0.2, 0) is 12.0 Å². The highest BCUT2D eigenvalue weighted by Gasteiger charge is 2.30. The molecule has 1 fully saturated rings. The summed E-state index contributed by atoms with van der Waals surface area (Å²) in [7, 11) is 0. The van der Waals surface area contributed by atoms with E-state index in [0.29, 0.717) is 24.2 Å². The van der Waals surface area contributed by atoms with Gasteiger partial charge in [-0.15, -0.1) is 0 Å². The highest BCUT2D eigenvalue weighted by Crippen LogP contribution is 2.28. The van der Waals surface area contributed by atoms with Gasteiger partial charge in [0.1, 0.15) is 12.1 Å². The maximum absolute atomic E-state index is 12.2. The Kier molecular flexibility index (Phi) is 4.44. The zero-order valence-electron chi connectivity index (χ0n) is 17.1. The highest BCUT2D eigenvalue weighted by molar-refractivity contribution is 5.49. The van der Waals surface area contributed by atoms with Crippen molar-refractivity contribution in [1.29, 1.82) is 0 Å². The van der Waals surface area contributed by atoms with Crippen molar-refractivity contribution in [1.82, 2.24) is 29.4 Å². The standard InChI is InChI=1S/C20H27N7O/c1-13(2)15-8-17(27-19(23-15)21-12-22-27)25-9-14(10-25)11-26-18(28)7-6-16(24-26)20(3,4)5/h6-8,12-14H,9-11H2,1-5H3. The molecule has 0 atom stereocenters. The van der Waals surface area contributed by atoms with E-state index in [0.717, 1.165) is 30.3 Å². The Morgan fingerprint density at radius 1 is 1.21 bits per heavy atom. The molecule has 0 amide bonds. The lowest BCUT2D eigenvalue weighted by molar-refractivity contribution is 0.326. The molecular weight excluding hydrogens is 354 g/mol. The van der Waals surface area contributed by atoms with E-state index >= 15 is 0 Å². The smallest absolute Gasteiger partial charge is 0.266 e. The molecule has 8 heteroatoms. The van der Waals surface area contributed by atoms with Crippen LogP contribution in [0.15, 0.2) is 29.3 Å². The second-order valence-corrected chi connectivity index (χ2v) is 8.93. The van der Waals surface area contributed by atoms with Crippen LogP contribution in [-0.4, -0.2) is 42.5 Å². The molecule has 4 heterocycles. The van der Waals surface area contributed by atoms with E-state index in [1.807, 2.05) is 6.07 Å². The minimum Gasteiger partial charge on any atom is -0.356 e. The van der Waals surface area contributed by atoms with Gasteiger partial charge in [0.05, 0.1) is 17.9 Å². The van der Waals surface area contributed by atoms with E-state index in [-0.39, 0.29) is 11.0 Å². The Labute approximate surface area is 164 Å². The second-order valence-electron chi connectivity index (χ2n) is 8.93. The predicted octanol–water partition coefficient (Wildman–Crippen LogP) is 2.24. The second kappa shape index (κ2) is 6.68. The molecule has 0 unspecified atom stereocenters. The topological polar surface area (TPSA) is 81.2 Å². The van der Waals surface area contributed by atoms with Crippen molar-refractivity contribution in [3.05, 3.63) is 46.3 Å². The van der Waals surface area contributed by atoms with Crippen molar-refractivity contribution in [3.63, 3.8) is 0 Å². The van der Waals surface area contributed by atoms with Crippen LogP contribution in [0.25, 0.3) is 5.78 Å². The van der Waals surface area contributed by atoms with Crippen LogP contribution in [0.1, 0.15) is 51.9 Å². The van der Waals surface area contributed by atoms with Crippen LogP contribution in [0.2, 0.25) is 0 Å². The molecule has 4 rings (SSSR count). The van der Waals surface area contributed by atoms with Gasteiger partial charge in [-0.1, -0.05) is 34.6 Å². The van der Waals surface area contributed by atoms with Gasteiger partial charge in [-0.2, -0.15) is 19.7 Å². The van der Waals surface area contributed by atoms with E-state index in [2.05, 4.69) is 65.8 Å². The first-order chi connectivity index (χ1) is 13.2. The van der Waals surface area contributed by atoms with E-state index in [1.165, 1.54) is 6.33 Å². The van der Waals surface area contributed by atoms with Crippen LogP contribution in [0, 0.1) is 5.92 Å². The Bertz CT molecular complexity index is 1050. The molecule has 1 aliphatic rings. The summed E-state index contributed by atoms with van der Waals surface area (Å²) in [5.41, 5.74) is 1.82. The minimum atomic E-state index is -0.0793. The van der Waals surface area contributed by atoms with Gasteiger partial charge in [0.15, 0.2) is 0 Å². The zero-order valence-corrected chi connectivity index (χ0v) is 17.1. The van der Waals surface area contributed by atoms with Gasteiger partial charge in [0.2, 0.25) is 0 Å².